The number of carboxylic acids is 1. The summed E-state index contributed by atoms with van der Waals surface area (Å²) < 4.78 is 5.33. The van der Waals surface area contributed by atoms with Crippen LogP contribution in [0.3, 0.4) is 0 Å². The molecule has 80 valence electrons. The third-order valence-electron chi connectivity index (χ3n) is 2.53. The first-order valence-electron chi connectivity index (χ1n) is 4.81. The molecule has 0 saturated heterocycles. The number of carbonyl (C=O) groups is 1. The van der Waals surface area contributed by atoms with Gasteiger partial charge in [0.05, 0.1) is 6.26 Å². The number of carboxylic acid groups (broad SMARTS) is 1. The van der Waals surface area contributed by atoms with Gasteiger partial charge in [0, 0.05) is 17.7 Å². The first kappa shape index (κ1) is 10.2. The monoisotopic (exact) mass is 224 g/mol. The fraction of sp³-hybridized carbons (Fsp3) is 0.364. The average molecular weight is 224 g/mol. The third kappa shape index (κ3) is 2.04. The fourth-order valence-corrected chi connectivity index (χ4v) is 2.48. The van der Waals surface area contributed by atoms with E-state index in [4.69, 9.17) is 4.74 Å². The highest BCUT2D eigenvalue weighted by molar-refractivity contribution is 7.09. The number of ether oxygens (including phenoxy) is 1. The molecule has 1 aromatic rings. The van der Waals surface area contributed by atoms with Gasteiger partial charge in [-0.1, -0.05) is 6.07 Å². The lowest BCUT2D eigenvalue weighted by atomic mass is 9.91. The van der Waals surface area contributed by atoms with Gasteiger partial charge >= 0.3 is 5.97 Å². The molecule has 2 heterocycles. The molecule has 0 amide bonds. The zero-order valence-corrected chi connectivity index (χ0v) is 9.00. The minimum absolute atomic E-state index is 0.449. The number of hydrogen-bond donors (Lipinski definition) is 1. The maximum absolute atomic E-state index is 11.2. The first-order chi connectivity index (χ1) is 7.23. The zero-order valence-electron chi connectivity index (χ0n) is 8.18. The van der Waals surface area contributed by atoms with E-state index in [1.54, 1.807) is 11.3 Å². The van der Waals surface area contributed by atoms with Gasteiger partial charge < -0.3 is 9.84 Å². The Hall–Kier alpha value is -1.29. The van der Waals surface area contributed by atoms with Gasteiger partial charge in [0.1, 0.15) is 0 Å². The Labute approximate surface area is 92.0 Å². The van der Waals surface area contributed by atoms with Crippen molar-refractivity contribution in [2.24, 2.45) is 0 Å². The maximum Gasteiger partial charge on any atom is 0.348 e. The second-order valence-electron chi connectivity index (χ2n) is 3.58. The van der Waals surface area contributed by atoms with Gasteiger partial charge in [0.25, 0.3) is 0 Å². The third-order valence-corrected chi connectivity index (χ3v) is 3.41. The molecule has 0 bridgehead atoms. The smallest absolute Gasteiger partial charge is 0.348 e. The predicted molar refractivity (Wildman–Crippen MR) is 57.8 cm³/mol. The van der Waals surface area contributed by atoms with Crippen molar-refractivity contribution in [3.8, 4) is 0 Å². The molecule has 2 rings (SSSR count). The lowest BCUT2D eigenvalue weighted by Crippen LogP contribution is -2.43. The van der Waals surface area contributed by atoms with E-state index in [1.807, 2.05) is 23.6 Å². The largest absolute Gasteiger partial charge is 0.483 e. The number of rotatable bonds is 3. The molecule has 4 heteroatoms. The number of hydrogen-bond acceptors (Lipinski definition) is 3. The Morgan fingerprint density at radius 3 is 3.07 bits per heavy atom. The molecule has 1 unspecified atom stereocenters. The van der Waals surface area contributed by atoms with Gasteiger partial charge in [-0.15, -0.1) is 11.3 Å². The molecule has 1 aliphatic rings. The molecule has 3 nitrogen and oxygen atoms in total. The Morgan fingerprint density at radius 1 is 1.67 bits per heavy atom. The molecule has 0 fully saturated rings. The van der Waals surface area contributed by atoms with E-state index in [2.05, 4.69) is 0 Å². The highest BCUT2D eigenvalue weighted by atomic mass is 32.1. The van der Waals surface area contributed by atoms with Crippen LogP contribution in [0.2, 0.25) is 0 Å². The van der Waals surface area contributed by atoms with E-state index < -0.39 is 11.6 Å². The molecule has 1 atom stereocenters. The van der Waals surface area contributed by atoms with Gasteiger partial charge in [0.2, 0.25) is 5.60 Å². The number of thiophene rings is 1. The minimum atomic E-state index is -1.06. The molecule has 0 saturated carbocycles. The standard InChI is InChI=1S/C11H12O3S/c12-10(13)11(5-1-2-6-14-11)8-9-4-3-7-15-9/h2-4,6-7H,1,5,8H2,(H,12,13). The molecule has 0 aliphatic carbocycles. The predicted octanol–water partition coefficient (Wildman–Crippen LogP) is 2.44. The SMILES string of the molecule is O=C(O)C1(Cc2cccs2)CCC=CO1. The molecule has 1 aliphatic heterocycles. The van der Waals surface area contributed by atoms with E-state index in [0.29, 0.717) is 12.8 Å². The van der Waals surface area contributed by atoms with Crippen molar-refractivity contribution in [2.45, 2.75) is 24.9 Å². The summed E-state index contributed by atoms with van der Waals surface area (Å²) in [6.45, 7) is 0. The number of allylic oxidation sites excluding steroid dienone is 1. The molecular weight excluding hydrogens is 212 g/mol. The van der Waals surface area contributed by atoms with Crippen LogP contribution in [-0.4, -0.2) is 16.7 Å². The van der Waals surface area contributed by atoms with Gasteiger partial charge in [-0.3, -0.25) is 0 Å². The van der Waals surface area contributed by atoms with Crippen molar-refractivity contribution in [3.63, 3.8) is 0 Å². The summed E-state index contributed by atoms with van der Waals surface area (Å²) in [6.07, 6.45) is 5.11. The minimum Gasteiger partial charge on any atom is -0.483 e. The second kappa shape index (κ2) is 4.06. The van der Waals surface area contributed by atoms with Crippen molar-refractivity contribution in [1.82, 2.24) is 0 Å². The second-order valence-corrected chi connectivity index (χ2v) is 4.62. The quantitative estimate of drug-likeness (QED) is 0.857. The molecule has 0 aromatic carbocycles. The van der Waals surface area contributed by atoms with Crippen molar-refractivity contribution in [2.75, 3.05) is 0 Å². The topological polar surface area (TPSA) is 46.5 Å². The van der Waals surface area contributed by atoms with Crippen molar-refractivity contribution in [3.05, 3.63) is 34.7 Å². The first-order valence-corrected chi connectivity index (χ1v) is 5.69. The van der Waals surface area contributed by atoms with E-state index in [9.17, 15) is 9.90 Å². The van der Waals surface area contributed by atoms with Crippen molar-refractivity contribution >= 4 is 17.3 Å². The van der Waals surface area contributed by atoms with Gasteiger partial charge in [0.15, 0.2) is 0 Å². The molecular formula is C11H12O3S. The summed E-state index contributed by atoms with van der Waals surface area (Å²) in [4.78, 5) is 12.3. The van der Waals surface area contributed by atoms with Crippen LogP contribution in [-0.2, 0) is 16.0 Å². The van der Waals surface area contributed by atoms with Gasteiger partial charge in [-0.25, -0.2) is 4.79 Å². The Balaban J connectivity index is 2.20. The molecule has 15 heavy (non-hydrogen) atoms. The fourth-order valence-electron chi connectivity index (χ4n) is 1.68. The lowest BCUT2D eigenvalue weighted by Gasteiger charge is -2.30. The summed E-state index contributed by atoms with van der Waals surface area (Å²) in [5, 5.41) is 11.2. The number of aliphatic carboxylic acids is 1. The van der Waals surface area contributed by atoms with Crippen LogP contribution >= 0.6 is 11.3 Å². The average Bonchev–Trinajstić information content (AvgIpc) is 2.71. The maximum atomic E-state index is 11.2. The van der Waals surface area contributed by atoms with Crippen LogP contribution in [0, 0.1) is 0 Å². The normalized spacial score (nSPS) is 24.8. The Kier molecular flexibility index (Phi) is 2.77. The highest BCUT2D eigenvalue weighted by Crippen LogP contribution is 2.29. The molecule has 0 radical (unpaired) electrons. The summed E-state index contributed by atoms with van der Waals surface area (Å²) in [7, 11) is 0. The van der Waals surface area contributed by atoms with Gasteiger partial charge in [-0.05, 0) is 23.9 Å². The molecule has 1 N–H and O–H groups in total. The van der Waals surface area contributed by atoms with E-state index in [0.717, 1.165) is 11.3 Å². The van der Waals surface area contributed by atoms with E-state index in [1.165, 1.54) is 6.26 Å². The lowest BCUT2D eigenvalue weighted by molar-refractivity contribution is -0.160. The Bertz CT molecular complexity index is 369. The highest BCUT2D eigenvalue weighted by Gasteiger charge is 2.41. The van der Waals surface area contributed by atoms with E-state index >= 15 is 0 Å². The summed E-state index contributed by atoms with van der Waals surface area (Å²) >= 11 is 1.57. The zero-order chi connectivity index (χ0) is 10.7. The van der Waals surface area contributed by atoms with Crippen LogP contribution in [0.1, 0.15) is 17.7 Å². The summed E-state index contributed by atoms with van der Waals surface area (Å²) in [5.41, 5.74) is -1.06. The van der Waals surface area contributed by atoms with Crippen LogP contribution in [0.25, 0.3) is 0 Å². The van der Waals surface area contributed by atoms with Crippen LogP contribution in [0.5, 0.6) is 0 Å². The van der Waals surface area contributed by atoms with Gasteiger partial charge in [-0.2, -0.15) is 0 Å². The van der Waals surface area contributed by atoms with E-state index in [-0.39, 0.29) is 0 Å². The van der Waals surface area contributed by atoms with Crippen LogP contribution in [0.4, 0.5) is 0 Å². The van der Waals surface area contributed by atoms with Crippen molar-refractivity contribution < 1.29 is 14.6 Å². The molecule has 0 spiro atoms. The van der Waals surface area contributed by atoms with Crippen LogP contribution in [0.15, 0.2) is 29.9 Å². The van der Waals surface area contributed by atoms with Crippen molar-refractivity contribution in [1.29, 1.82) is 0 Å². The Morgan fingerprint density at radius 2 is 2.53 bits per heavy atom. The summed E-state index contributed by atoms with van der Waals surface area (Å²) in [6, 6.07) is 3.87. The van der Waals surface area contributed by atoms with Crippen LogP contribution < -0.4 is 0 Å². The summed E-state index contributed by atoms with van der Waals surface area (Å²) in [5.74, 6) is -0.875. The molecule has 1 aromatic heterocycles.